The molecule has 0 atom stereocenters. The highest BCUT2D eigenvalue weighted by atomic mass is 19.1. The van der Waals surface area contributed by atoms with Crippen molar-refractivity contribution in [1.29, 1.82) is 0 Å². The van der Waals surface area contributed by atoms with Gasteiger partial charge in [-0.1, -0.05) is 0 Å². The number of halogens is 2. The molecule has 0 radical (unpaired) electrons. The molecule has 0 bridgehead atoms. The average molecular weight is 254 g/mol. The average Bonchev–Trinajstić information content (AvgIpc) is 3.11. The van der Waals surface area contributed by atoms with Crippen LogP contribution in [0.3, 0.4) is 0 Å². The van der Waals surface area contributed by atoms with Crippen LogP contribution < -0.4 is 10.6 Å². The minimum Gasteiger partial charge on any atom is -0.351 e. The molecule has 1 fully saturated rings. The molecule has 0 aromatic heterocycles. The molecule has 1 aliphatic carbocycles. The molecule has 1 aromatic rings. The van der Waals surface area contributed by atoms with Gasteiger partial charge in [0, 0.05) is 18.7 Å². The van der Waals surface area contributed by atoms with Crippen molar-refractivity contribution in [3.05, 3.63) is 35.4 Å². The van der Waals surface area contributed by atoms with Crippen LogP contribution in [0.4, 0.5) is 8.78 Å². The molecule has 0 unspecified atom stereocenters. The van der Waals surface area contributed by atoms with Crippen molar-refractivity contribution >= 4 is 5.91 Å². The van der Waals surface area contributed by atoms with E-state index in [2.05, 4.69) is 10.6 Å². The first kappa shape index (κ1) is 13.0. The Morgan fingerprint density at radius 2 is 2.11 bits per heavy atom. The molecule has 18 heavy (non-hydrogen) atoms. The van der Waals surface area contributed by atoms with Crippen LogP contribution in [-0.2, 0) is 11.3 Å². The second-order valence-corrected chi connectivity index (χ2v) is 4.73. The van der Waals surface area contributed by atoms with E-state index < -0.39 is 11.6 Å². The minimum absolute atomic E-state index is 0.0217. The predicted molar refractivity (Wildman–Crippen MR) is 63.8 cm³/mol. The standard InChI is InChI=1S/C13H16F2N2O/c1-16-8-13(4-5-13)12(18)17-7-9-6-10(14)2-3-11(9)15/h2-3,6,16H,4-5,7-8H2,1H3,(H,17,18). The van der Waals surface area contributed by atoms with Gasteiger partial charge >= 0.3 is 0 Å². The van der Waals surface area contributed by atoms with Crippen LogP contribution in [0.1, 0.15) is 18.4 Å². The smallest absolute Gasteiger partial charge is 0.227 e. The second-order valence-electron chi connectivity index (χ2n) is 4.73. The van der Waals surface area contributed by atoms with Crippen molar-refractivity contribution in [2.75, 3.05) is 13.6 Å². The number of carbonyl (C=O) groups excluding carboxylic acids is 1. The molecule has 5 heteroatoms. The first-order valence-electron chi connectivity index (χ1n) is 5.94. The fourth-order valence-corrected chi connectivity index (χ4v) is 2.02. The maximum Gasteiger partial charge on any atom is 0.227 e. The summed E-state index contributed by atoms with van der Waals surface area (Å²) in [6, 6.07) is 3.23. The van der Waals surface area contributed by atoms with E-state index in [9.17, 15) is 13.6 Å². The molecular weight excluding hydrogens is 238 g/mol. The van der Waals surface area contributed by atoms with Crippen molar-refractivity contribution in [2.24, 2.45) is 5.41 Å². The number of nitrogens with one attached hydrogen (secondary N) is 2. The molecule has 1 aromatic carbocycles. The number of benzene rings is 1. The van der Waals surface area contributed by atoms with Crippen LogP contribution in [0.2, 0.25) is 0 Å². The highest BCUT2D eigenvalue weighted by Crippen LogP contribution is 2.45. The van der Waals surface area contributed by atoms with Gasteiger partial charge in [-0.2, -0.15) is 0 Å². The Hall–Kier alpha value is -1.49. The van der Waals surface area contributed by atoms with E-state index >= 15 is 0 Å². The van der Waals surface area contributed by atoms with Crippen LogP contribution in [0.25, 0.3) is 0 Å². The number of hydrogen-bond donors (Lipinski definition) is 2. The van der Waals surface area contributed by atoms with Gasteiger partial charge < -0.3 is 10.6 Å². The van der Waals surface area contributed by atoms with E-state index in [1.54, 1.807) is 7.05 Å². The fraction of sp³-hybridized carbons (Fsp3) is 0.462. The van der Waals surface area contributed by atoms with Crippen LogP contribution in [0.15, 0.2) is 18.2 Å². The Kier molecular flexibility index (Phi) is 3.61. The topological polar surface area (TPSA) is 41.1 Å². The Morgan fingerprint density at radius 1 is 1.39 bits per heavy atom. The van der Waals surface area contributed by atoms with E-state index in [0.29, 0.717) is 6.54 Å². The lowest BCUT2D eigenvalue weighted by atomic mass is 10.1. The molecule has 1 aliphatic rings. The summed E-state index contributed by atoms with van der Waals surface area (Å²) in [5.74, 6) is -1.10. The van der Waals surface area contributed by atoms with Gasteiger partial charge in [0.05, 0.1) is 5.41 Å². The minimum atomic E-state index is -0.504. The van der Waals surface area contributed by atoms with Crippen molar-refractivity contribution < 1.29 is 13.6 Å². The normalized spacial score (nSPS) is 16.4. The molecular formula is C13H16F2N2O. The van der Waals surface area contributed by atoms with Crippen molar-refractivity contribution in [1.82, 2.24) is 10.6 Å². The van der Waals surface area contributed by atoms with Gasteiger partial charge in [-0.3, -0.25) is 4.79 Å². The number of carbonyl (C=O) groups is 1. The van der Waals surface area contributed by atoms with Gasteiger partial charge in [-0.05, 0) is 38.1 Å². The highest BCUT2D eigenvalue weighted by molar-refractivity contribution is 5.85. The summed E-state index contributed by atoms with van der Waals surface area (Å²) in [4.78, 5) is 11.9. The summed E-state index contributed by atoms with van der Waals surface area (Å²) < 4.78 is 26.3. The molecule has 98 valence electrons. The number of hydrogen-bond acceptors (Lipinski definition) is 2. The third-order valence-electron chi connectivity index (χ3n) is 3.30. The molecule has 0 heterocycles. The molecule has 1 saturated carbocycles. The maximum atomic E-state index is 13.3. The molecule has 2 N–H and O–H groups in total. The third-order valence-corrected chi connectivity index (χ3v) is 3.30. The SMILES string of the molecule is CNCC1(C(=O)NCc2cc(F)ccc2F)CC1. The number of rotatable bonds is 5. The molecule has 3 nitrogen and oxygen atoms in total. The Balaban J connectivity index is 1.95. The summed E-state index contributed by atoms with van der Waals surface area (Å²) in [6.45, 7) is 0.637. The van der Waals surface area contributed by atoms with Crippen LogP contribution in [0.5, 0.6) is 0 Å². The lowest BCUT2D eigenvalue weighted by Crippen LogP contribution is -2.37. The quantitative estimate of drug-likeness (QED) is 0.837. The first-order chi connectivity index (χ1) is 8.57. The summed E-state index contributed by atoms with van der Waals surface area (Å²) in [6.07, 6.45) is 1.68. The van der Waals surface area contributed by atoms with Crippen LogP contribution in [0, 0.1) is 17.0 Å². The van der Waals surface area contributed by atoms with E-state index in [1.807, 2.05) is 0 Å². The Morgan fingerprint density at radius 3 is 2.72 bits per heavy atom. The van der Waals surface area contributed by atoms with Crippen molar-refractivity contribution in [3.8, 4) is 0 Å². The summed E-state index contributed by atoms with van der Waals surface area (Å²) >= 11 is 0. The van der Waals surface area contributed by atoms with Crippen LogP contribution >= 0.6 is 0 Å². The number of amides is 1. The molecule has 0 saturated heterocycles. The summed E-state index contributed by atoms with van der Waals surface area (Å²) in [5, 5.41) is 5.64. The largest absolute Gasteiger partial charge is 0.351 e. The third kappa shape index (κ3) is 2.67. The van der Waals surface area contributed by atoms with E-state index in [1.165, 1.54) is 0 Å². The highest BCUT2D eigenvalue weighted by Gasteiger charge is 2.48. The molecule has 1 amide bonds. The zero-order valence-corrected chi connectivity index (χ0v) is 10.2. The van der Waals surface area contributed by atoms with Crippen molar-refractivity contribution in [3.63, 3.8) is 0 Å². The van der Waals surface area contributed by atoms with Gasteiger partial charge in [-0.15, -0.1) is 0 Å². The van der Waals surface area contributed by atoms with Gasteiger partial charge in [0.15, 0.2) is 0 Å². The van der Waals surface area contributed by atoms with Crippen LogP contribution in [-0.4, -0.2) is 19.5 Å². The Labute approximate surface area is 105 Å². The zero-order valence-electron chi connectivity index (χ0n) is 10.2. The van der Waals surface area contributed by atoms with Crippen molar-refractivity contribution in [2.45, 2.75) is 19.4 Å². The second kappa shape index (κ2) is 5.02. The lowest BCUT2D eigenvalue weighted by Gasteiger charge is -2.14. The monoisotopic (exact) mass is 254 g/mol. The molecule has 0 spiro atoms. The zero-order chi connectivity index (χ0) is 13.2. The van der Waals surface area contributed by atoms with Gasteiger partial charge in [0.2, 0.25) is 5.91 Å². The van der Waals surface area contributed by atoms with E-state index in [-0.39, 0.29) is 23.4 Å². The lowest BCUT2D eigenvalue weighted by molar-refractivity contribution is -0.126. The predicted octanol–water partition coefficient (Wildman–Crippen LogP) is 1.58. The maximum absolute atomic E-state index is 13.3. The van der Waals surface area contributed by atoms with E-state index in [4.69, 9.17) is 0 Å². The molecule has 2 rings (SSSR count). The van der Waals surface area contributed by atoms with Gasteiger partial charge in [-0.25, -0.2) is 8.78 Å². The first-order valence-corrected chi connectivity index (χ1v) is 5.94. The van der Waals surface area contributed by atoms with E-state index in [0.717, 1.165) is 31.0 Å². The van der Waals surface area contributed by atoms with Gasteiger partial charge in [0.25, 0.3) is 0 Å². The fourth-order valence-electron chi connectivity index (χ4n) is 2.02. The summed E-state index contributed by atoms with van der Waals surface area (Å²) in [5.41, 5.74) is -0.179. The molecule has 0 aliphatic heterocycles. The summed E-state index contributed by atoms with van der Waals surface area (Å²) in [7, 11) is 1.79. The Bertz CT molecular complexity index is 458. The van der Waals surface area contributed by atoms with Gasteiger partial charge in [0.1, 0.15) is 11.6 Å².